The normalized spacial score (nSPS) is 23.4. The topological polar surface area (TPSA) is 91.9 Å². The highest BCUT2D eigenvalue weighted by Crippen LogP contribution is 2.48. The van der Waals surface area contributed by atoms with Crippen LogP contribution in [0.15, 0.2) is 63.5 Å². The molecular formula is C16H11ClFN5OS. The first-order chi connectivity index (χ1) is 12.0. The lowest BCUT2D eigenvalue weighted by atomic mass is 9.96. The summed E-state index contributed by atoms with van der Waals surface area (Å²) in [5.74, 6) is -1.07. The van der Waals surface area contributed by atoms with Crippen molar-refractivity contribution in [2.24, 2.45) is 15.7 Å². The van der Waals surface area contributed by atoms with Crippen LogP contribution in [0, 0.1) is 5.82 Å². The molecule has 0 fully saturated rings. The third-order valence-corrected chi connectivity index (χ3v) is 5.46. The van der Waals surface area contributed by atoms with E-state index in [9.17, 15) is 9.18 Å². The fourth-order valence-corrected chi connectivity index (χ4v) is 3.95. The SMILES string of the molecule is NC(=O)C1=NC2=CC(Nc3ccc(F)c(Cl)c3)=CC3=CN=CNC32S1. The predicted octanol–water partition coefficient (Wildman–Crippen LogP) is 2.51. The molecule has 1 atom stereocenters. The molecule has 9 heteroatoms. The molecular weight excluding hydrogens is 365 g/mol. The number of primary amides is 1. The van der Waals surface area contributed by atoms with Crippen molar-refractivity contribution < 1.29 is 9.18 Å². The van der Waals surface area contributed by atoms with Crippen LogP contribution in [0.5, 0.6) is 0 Å². The molecule has 1 aromatic carbocycles. The number of benzene rings is 1. The summed E-state index contributed by atoms with van der Waals surface area (Å²) in [5, 5.41) is 6.55. The first-order valence-electron chi connectivity index (χ1n) is 7.21. The van der Waals surface area contributed by atoms with Gasteiger partial charge in [0, 0.05) is 23.2 Å². The zero-order valence-corrected chi connectivity index (χ0v) is 14.2. The van der Waals surface area contributed by atoms with E-state index in [2.05, 4.69) is 20.6 Å². The summed E-state index contributed by atoms with van der Waals surface area (Å²) in [5.41, 5.74) is 8.14. The number of nitrogens with one attached hydrogen (secondary N) is 2. The second-order valence-corrected chi connectivity index (χ2v) is 7.06. The molecule has 126 valence electrons. The molecule has 4 rings (SSSR count). The van der Waals surface area contributed by atoms with Gasteiger partial charge in [0.15, 0.2) is 9.91 Å². The molecule has 25 heavy (non-hydrogen) atoms. The minimum atomic E-state index is -0.711. The summed E-state index contributed by atoms with van der Waals surface area (Å²) < 4.78 is 13.3. The van der Waals surface area contributed by atoms with Crippen molar-refractivity contribution in [3.8, 4) is 0 Å². The number of hydrogen-bond acceptors (Lipinski definition) is 6. The standard InChI is InChI=1S/C16H11ClFN5OS/c17-11-4-9(1-2-12(11)18)22-10-3-8-6-20-7-21-16(8)13(5-10)23-15(25-16)14(19)24/h1-7,22H,(H2,19,24)(H,20,21). The zero-order valence-electron chi connectivity index (χ0n) is 12.6. The number of thioether (sulfide) groups is 1. The average Bonchev–Trinajstić information content (AvgIpc) is 2.95. The highest BCUT2D eigenvalue weighted by atomic mass is 35.5. The number of carbonyl (C=O) groups excluding carboxylic acids is 1. The highest BCUT2D eigenvalue weighted by molar-refractivity contribution is 8.17. The molecule has 1 spiro atoms. The fraction of sp³-hybridized carbons (Fsp3) is 0.0625. The molecule has 1 unspecified atom stereocenters. The van der Waals surface area contributed by atoms with Gasteiger partial charge in [0.1, 0.15) is 5.82 Å². The largest absolute Gasteiger partial charge is 0.364 e. The molecule has 2 heterocycles. The minimum absolute atomic E-state index is 0.0250. The van der Waals surface area contributed by atoms with Crippen LogP contribution in [-0.4, -0.2) is 22.2 Å². The van der Waals surface area contributed by atoms with Crippen LogP contribution in [0.3, 0.4) is 0 Å². The lowest BCUT2D eigenvalue weighted by Gasteiger charge is -2.34. The summed E-state index contributed by atoms with van der Waals surface area (Å²) in [6.07, 6.45) is 6.91. The molecule has 0 saturated heterocycles. The van der Waals surface area contributed by atoms with Gasteiger partial charge in [0.05, 0.1) is 17.1 Å². The number of carbonyl (C=O) groups is 1. The van der Waals surface area contributed by atoms with Gasteiger partial charge >= 0.3 is 0 Å². The van der Waals surface area contributed by atoms with Crippen LogP contribution in [0.25, 0.3) is 0 Å². The minimum Gasteiger partial charge on any atom is -0.364 e. The van der Waals surface area contributed by atoms with Crippen molar-refractivity contribution in [2.45, 2.75) is 4.87 Å². The van der Waals surface area contributed by atoms with Gasteiger partial charge in [0.25, 0.3) is 5.91 Å². The maximum Gasteiger partial charge on any atom is 0.274 e. The van der Waals surface area contributed by atoms with E-state index in [1.54, 1.807) is 24.7 Å². The number of rotatable bonds is 3. The molecule has 0 bridgehead atoms. The van der Waals surface area contributed by atoms with Crippen molar-refractivity contribution in [2.75, 3.05) is 5.32 Å². The average molecular weight is 376 g/mol. The third kappa shape index (κ3) is 2.63. The number of hydrogen-bond donors (Lipinski definition) is 3. The summed E-state index contributed by atoms with van der Waals surface area (Å²) in [4.78, 5) is 19.3. The van der Waals surface area contributed by atoms with Crippen LogP contribution < -0.4 is 16.4 Å². The second kappa shape index (κ2) is 5.75. The first-order valence-corrected chi connectivity index (χ1v) is 8.41. The molecule has 3 aliphatic rings. The molecule has 1 aliphatic carbocycles. The van der Waals surface area contributed by atoms with Gasteiger partial charge in [-0.1, -0.05) is 23.4 Å². The van der Waals surface area contributed by atoms with Crippen molar-refractivity contribution in [3.63, 3.8) is 0 Å². The van der Waals surface area contributed by atoms with Crippen molar-refractivity contribution >= 4 is 46.3 Å². The van der Waals surface area contributed by atoms with E-state index in [1.165, 1.54) is 23.9 Å². The van der Waals surface area contributed by atoms with Gasteiger partial charge in [-0.25, -0.2) is 14.4 Å². The van der Waals surface area contributed by atoms with Crippen LogP contribution in [0.4, 0.5) is 10.1 Å². The fourth-order valence-electron chi connectivity index (χ4n) is 2.69. The summed E-state index contributed by atoms with van der Waals surface area (Å²) in [7, 11) is 0. The number of aliphatic imine (C=N–C) groups is 2. The Labute approximate surface area is 151 Å². The van der Waals surface area contributed by atoms with E-state index in [-0.39, 0.29) is 10.1 Å². The quantitative estimate of drug-likeness (QED) is 0.757. The Morgan fingerprint density at radius 2 is 2.24 bits per heavy atom. The molecule has 0 saturated carbocycles. The Bertz CT molecular complexity index is 952. The first kappa shape index (κ1) is 15.9. The van der Waals surface area contributed by atoms with Gasteiger partial charge in [-0.05, 0) is 30.4 Å². The number of nitrogens with two attached hydrogens (primary N) is 1. The summed E-state index contributed by atoms with van der Waals surface area (Å²) >= 11 is 7.06. The van der Waals surface area contributed by atoms with E-state index in [0.29, 0.717) is 17.1 Å². The number of halogens is 2. The maximum absolute atomic E-state index is 13.3. The smallest absolute Gasteiger partial charge is 0.274 e. The van der Waals surface area contributed by atoms with Crippen LogP contribution in [-0.2, 0) is 4.79 Å². The zero-order chi connectivity index (χ0) is 17.6. The van der Waals surface area contributed by atoms with Gasteiger partial charge in [-0.15, -0.1) is 0 Å². The summed E-state index contributed by atoms with van der Waals surface area (Å²) in [6, 6.07) is 4.35. The molecule has 1 amide bonds. The Morgan fingerprint density at radius 3 is 3.00 bits per heavy atom. The van der Waals surface area contributed by atoms with Gasteiger partial charge in [0.2, 0.25) is 0 Å². The van der Waals surface area contributed by atoms with E-state index in [1.807, 2.05) is 6.08 Å². The molecule has 1 aromatic rings. The van der Waals surface area contributed by atoms with Crippen molar-refractivity contribution in [1.29, 1.82) is 0 Å². The molecule has 0 aromatic heterocycles. The Hall–Kier alpha value is -2.58. The van der Waals surface area contributed by atoms with E-state index >= 15 is 0 Å². The van der Waals surface area contributed by atoms with Crippen molar-refractivity contribution in [3.05, 3.63) is 64.4 Å². The number of anilines is 1. The molecule has 0 radical (unpaired) electrons. The Kier molecular flexibility index (Phi) is 3.66. The number of amides is 1. The van der Waals surface area contributed by atoms with Crippen molar-refractivity contribution in [1.82, 2.24) is 5.32 Å². The lowest BCUT2D eigenvalue weighted by molar-refractivity contribution is -0.111. The Balaban J connectivity index is 1.72. The van der Waals surface area contributed by atoms with Crippen LogP contribution >= 0.6 is 23.4 Å². The van der Waals surface area contributed by atoms with Crippen LogP contribution in [0.1, 0.15) is 0 Å². The molecule has 4 N–H and O–H groups in total. The van der Waals surface area contributed by atoms with Gasteiger partial charge in [-0.3, -0.25) is 4.79 Å². The molecule has 2 aliphatic heterocycles. The maximum atomic E-state index is 13.3. The molecule has 6 nitrogen and oxygen atoms in total. The predicted molar refractivity (Wildman–Crippen MR) is 97.9 cm³/mol. The van der Waals surface area contributed by atoms with Crippen LogP contribution in [0.2, 0.25) is 5.02 Å². The summed E-state index contributed by atoms with van der Waals surface area (Å²) in [6.45, 7) is 0. The second-order valence-electron chi connectivity index (χ2n) is 5.45. The van der Waals surface area contributed by atoms with Gasteiger partial charge in [-0.2, -0.15) is 0 Å². The third-order valence-electron chi connectivity index (χ3n) is 3.82. The van der Waals surface area contributed by atoms with E-state index in [4.69, 9.17) is 17.3 Å². The van der Waals surface area contributed by atoms with E-state index < -0.39 is 16.6 Å². The number of nitrogens with zero attached hydrogens (tertiary/aromatic N) is 2. The monoisotopic (exact) mass is 375 g/mol. The Morgan fingerprint density at radius 1 is 1.40 bits per heavy atom. The van der Waals surface area contributed by atoms with Gasteiger partial charge < -0.3 is 16.4 Å². The lowest BCUT2D eigenvalue weighted by Crippen LogP contribution is -2.46. The highest BCUT2D eigenvalue weighted by Gasteiger charge is 2.48. The van der Waals surface area contributed by atoms with E-state index in [0.717, 1.165) is 5.57 Å². The number of allylic oxidation sites excluding steroid dienone is 1.